The first kappa shape index (κ1) is 20.8. The third-order valence-corrected chi connectivity index (χ3v) is 4.57. The molecule has 1 fully saturated rings. The zero-order chi connectivity index (χ0) is 21.7. The number of pyridine rings is 1. The molecule has 2 aromatic rings. The van der Waals surface area contributed by atoms with Gasteiger partial charge in [0, 0.05) is 37.9 Å². The summed E-state index contributed by atoms with van der Waals surface area (Å²) in [5, 5.41) is 8.96. The Bertz CT molecular complexity index is 954. The number of guanidine groups is 1. The Morgan fingerprint density at radius 1 is 1.13 bits per heavy atom. The van der Waals surface area contributed by atoms with Gasteiger partial charge in [0.25, 0.3) is 0 Å². The molecular formula is C19H21FN6O4. The summed E-state index contributed by atoms with van der Waals surface area (Å²) < 4.78 is 19.8. The highest BCUT2D eigenvalue weighted by Crippen LogP contribution is 2.25. The highest BCUT2D eigenvalue weighted by Gasteiger charge is 2.22. The van der Waals surface area contributed by atoms with Crippen molar-refractivity contribution in [1.82, 2.24) is 4.98 Å². The first-order valence-corrected chi connectivity index (χ1v) is 9.08. The maximum atomic E-state index is 14.9. The molecule has 0 unspecified atom stereocenters. The van der Waals surface area contributed by atoms with Crippen LogP contribution in [0, 0.1) is 5.82 Å². The van der Waals surface area contributed by atoms with Gasteiger partial charge in [0.1, 0.15) is 12.4 Å². The van der Waals surface area contributed by atoms with Gasteiger partial charge in [0.05, 0.1) is 11.3 Å². The summed E-state index contributed by atoms with van der Waals surface area (Å²) >= 11 is 0. The number of hydrogen-bond donors (Lipinski definition) is 3. The van der Waals surface area contributed by atoms with Crippen LogP contribution in [0.5, 0.6) is 0 Å². The summed E-state index contributed by atoms with van der Waals surface area (Å²) in [7, 11) is 0. The zero-order valence-corrected chi connectivity index (χ0v) is 16.0. The number of ether oxygens (including phenoxy) is 1. The van der Waals surface area contributed by atoms with E-state index in [1.54, 1.807) is 18.2 Å². The molecule has 1 saturated heterocycles. The van der Waals surface area contributed by atoms with Crippen molar-refractivity contribution in [1.29, 1.82) is 0 Å². The van der Waals surface area contributed by atoms with Crippen LogP contribution in [0.1, 0.15) is 15.9 Å². The molecule has 3 rings (SSSR count). The van der Waals surface area contributed by atoms with E-state index in [4.69, 9.17) is 21.3 Å². The van der Waals surface area contributed by atoms with Crippen LogP contribution in [0.3, 0.4) is 0 Å². The molecule has 1 aliphatic heterocycles. The standard InChI is InChI=1S/C19H21FN6O4/c20-16-13(11-30-19(29)24-18(21)22)2-1-3-14(16)25-6-8-26(9-7-25)15-5-4-12(10-23-15)17(27)28/h1-5,10H,6-9,11H2,(H,27,28)(H4,21,22,24,29). The lowest BCUT2D eigenvalue weighted by atomic mass is 10.1. The molecule has 0 bridgehead atoms. The number of carbonyl (C=O) groups is 2. The van der Waals surface area contributed by atoms with Crippen LogP contribution in [0.4, 0.5) is 20.7 Å². The van der Waals surface area contributed by atoms with Crippen molar-refractivity contribution in [2.75, 3.05) is 36.0 Å². The molecule has 0 spiro atoms. The minimum Gasteiger partial charge on any atom is -0.478 e. The van der Waals surface area contributed by atoms with Crippen LogP contribution in [0.2, 0.25) is 0 Å². The molecule has 0 atom stereocenters. The fourth-order valence-electron chi connectivity index (χ4n) is 3.08. The fourth-order valence-corrected chi connectivity index (χ4v) is 3.08. The number of aromatic nitrogens is 1. The second kappa shape index (κ2) is 9.07. The molecule has 10 nitrogen and oxygen atoms in total. The third-order valence-electron chi connectivity index (χ3n) is 4.57. The predicted octanol–water partition coefficient (Wildman–Crippen LogP) is 1.16. The number of nitrogens with two attached hydrogens (primary N) is 2. The number of halogens is 1. The van der Waals surface area contributed by atoms with Crippen LogP contribution < -0.4 is 21.3 Å². The third kappa shape index (κ3) is 4.93. The molecule has 11 heteroatoms. The lowest BCUT2D eigenvalue weighted by molar-refractivity contribution is 0.0696. The highest BCUT2D eigenvalue weighted by molar-refractivity contribution is 5.88. The molecule has 1 aromatic heterocycles. The Balaban J connectivity index is 1.63. The molecule has 1 aliphatic rings. The SMILES string of the molecule is NC(N)=NC(=O)OCc1cccc(N2CCN(c3ccc(C(=O)O)cn3)CC2)c1F. The normalized spacial score (nSPS) is 13.6. The highest BCUT2D eigenvalue weighted by atomic mass is 19.1. The fraction of sp³-hybridized carbons (Fsp3) is 0.263. The molecule has 5 N–H and O–H groups in total. The predicted molar refractivity (Wildman–Crippen MR) is 108 cm³/mol. The molecule has 30 heavy (non-hydrogen) atoms. The lowest BCUT2D eigenvalue weighted by Gasteiger charge is -2.37. The number of piperazine rings is 1. The lowest BCUT2D eigenvalue weighted by Crippen LogP contribution is -2.47. The number of hydrogen-bond acceptors (Lipinski definition) is 6. The van der Waals surface area contributed by atoms with Crippen LogP contribution in [-0.2, 0) is 11.3 Å². The van der Waals surface area contributed by atoms with Gasteiger partial charge < -0.3 is 31.1 Å². The quantitative estimate of drug-likeness (QED) is 0.482. The molecule has 0 radical (unpaired) electrons. The number of amides is 1. The van der Waals surface area contributed by atoms with Gasteiger partial charge in [-0.15, -0.1) is 4.99 Å². The summed E-state index contributed by atoms with van der Waals surface area (Å²) in [4.78, 5) is 33.6. The summed E-state index contributed by atoms with van der Waals surface area (Å²) in [6.45, 7) is 1.95. The number of aromatic carboxylic acids is 1. The van der Waals surface area contributed by atoms with Crippen molar-refractivity contribution in [3.63, 3.8) is 0 Å². The molecular weight excluding hydrogens is 395 g/mol. The minimum atomic E-state index is -1.03. The average Bonchev–Trinajstić information content (AvgIpc) is 2.73. The van der Waals surface area contributed by atoms with E-state index in [0.29, 0.717) is 37.7 Å². The van der Waals surface area contributed by atoms with E-state index < -0.39 is 23.8 Å². The summed E-state index contributed by atoms with van der Waals surface area (Å²) in [6, 6.07) is 8.02. The zero-order valence-electron chi connectivity index (χ0n) is 16.0. The molecule has 1 amide bonds. The smallest absolute Gasteiger partial charge is 0.437 e. The maximum absolute atomic E-state index is 14.9. The number of carbonyl (C=O) groups excluding carboxylic acids is 1. The molecule has 1 aromatic carbocycles. The summed E-state index contributed by atoms with van der Waals surface area (Å²) in [6.07, 6.45) is 0.325. The van der Waals surface area contributed by atoms with Gasteiger partial charge in [-0.3, -0.25) is 0 Å². The first-order valence-electron chi connectivity index (χ1n) is 9.08. The van der Waals surface area contributed by atoms with Gasteiger partial charge in [-0.2, -0.15) is 0 Å². The average molecular weight is 416 g/mol. The van der Waals surface area contributed by atoms with E-state index >= 15 is 0 Å². The monoisotopic (exact) mass is 416 g/mol. The van der Waals surface area contributed by atoms with E-state index in [2.05, 4.69) is 9.98 Å². The van der Waals surface area contributed by atoms with Gasteiger partial charge in [0.15, 0.2) is 11.8 Å². The van der Waals surface area contributed by atoms with Gasteiger partial charge in [-0.05, 0) is 18.2 Å². The van der Waals surface area contributed by atoms with E-state index in [0.717, 1.165) is 0 Å². The summed E-state index contributed by atoms with van der Waals surface area (Å²) in [5.41, 5.74) is 10.9. The van der Waals surface area contributed by atoms with Gasteiger partial charge in [-0.25, -0.2) is 19.0 Å². The number of carboxylic acid groups (broad SMARTS) is 1. The van der Waals surface area contributed by atoms with Crippen molar-refractivity contribution in [2.45, 2.75) is 6.61 Å². The van der Waals surface area contributed by atoms with Crippen LogP contribution >= 0.6 is 0 Å². The molecule has 2 heterocycles. The number of rotatable bonds is 5. The van der Waals surface area contributed by atoms with Crippen molar-refractivity contribution in [3.8, 4) is 0 Å². The first-order chi connectivity index (χ1) is 14.3. The Morgan fingerprint density at radius 2 is 1.83 bits per heavy atom. The summed E-state index contributed by atoms with van der Waals surface area (Å²) in [5.74, 6) is -1.27. The topological polar surface area (TPSA) is 147 Å². The van der Waals surface area contributed by atoms with Crippen molar-refractivity contribution in [3.05, 3.63) is 53.5 Å². The van der Waals surface area contributed by atoms with Crippen molar-refractivity contribution >= 4 is 29.5 Å². The molecule has 0 saturated carbocycles. The second-order valence-corrected chi connectivity index (χ2v) is 6.53. The van der Waals surface area contributed by atoms with Crippen molar-refractivity contribution < 1.29 is 23.8 Å². The van der Waals surface area contributed by atoms with Crippen LogP contribution in [-0.4, -0.2) is 54.3 Å². The number of anilines is 2. The largest absolute Gasteiger partial charge is 0.478 e. The maximum Gasteiger partial charge on any atom is 0.437 e. The van der Waals surface area contributed by atoms with Gasteiger partial charge in [-0.1, -0.05) is 12.1 Å². The molecule has 0 aliphatic carbocycles. The van der Waals surface area contributed by atoms with Gasteiger partial charge in [0.2, 0.25) is 0 Å². The van der Waals surface area contributed by atoms with Crippen molar-refractivity contribution in [2.24, 2.45) is 16.5 Å². The number of benzene rings is 1. The van der Waals surface area contributed by atoms with Crippen LogP contribution in [0.25, 0.3) is 0 Å². The number of aliphatic imine (C=N–C) groups is 1. The second-order valence-electron chi connectivity index (χ2n) is 6.53. The van der Waals surface area contributed by atoms with Gasteiger partial charge >= 0.3 is 12.1 Å². The van der Waals surface area contributed by atoms with Crippen LogP contribution in [0.15, 0.2) is 41.5 Å². The van der Waals surface area contributed by atoms with E-state index in [1.165, 1.54) is 18.3 Å². The van der Waals surface area contributed by atoms with E-state index in [1.807, 2.05) is 9.80 Å². The number of nitrogens with zero attached hydrogens (tertiary/aromatic N) is 4. The Hall–Kier alpha value is -3.89. The van der Waals surface area contributed by atoms with E-state index in [9.17, 15) is 14.0 Å². The molecule has 158 valence electrons. The van der Waals surface area contributed by atoms with E-state index in [-0.39, 0.29) is 17.7 Å². The Morgan fingerprint density at radius 3 is 2.43 bits per heavy atom. The minimum absolute atomic E-state index is 0.122. The Labute approximate surface area is 171 Å². The number of carboxylic acids is 1. The Kier molecular flexibility index (Phi) is 6.30.